The zero-order valence-corrected chi connectivity index (χ0v) is 10.2. The lowest BCUT2D eigenvalue weighted by molar-refractivity contribution is 0.574. The second-order valence-corrected chi connectivity index (χ2v) is 4.48. The molecule has 2 aromatic heterocycles. The Bertz CT molecular complexity index is 750. The van der Waals surface area contributed by atoms with Gasteiger partial charge in [0, 0.05) is 18.7 Å². The molecule has 1 N–H and O–H groups in total. The fourth-order valence-electron chi connectivity index (χ4n) is 1.98. The smallest absolute Gasteiger partial charge is 0.177 e. The highest BCUT2D eigenvalue weighted by molar-refractivity contribution is 5.71. The van der Waals surface area contributed by atoms with Crippen molar-refractivity contribution in [3.8, 4) is 0 Å². The zero-order valence-electron chi connectivity index (χ0n) is 10.2. The lowest BCUT2D eigenvalue weighted by atomic mass is 10.1. The van der Waals surface area contributed by atoms with E-state index in [1.165, 1.54) is 12.1 Å². The SMILES string of the molecule is Cc1cnc2nc(Cc3ccc(F)cc3F)[nH]c2c1. The van der Waals surface area contributed by atoms with Crippen LogP contribution in [0, 0.1) is 18.6 Å². The van der Waals surface area contributed by atoms with Crippen LogP contribution >= 0.6 is 0 Å². The molecule has 19 heavy (non-hydrogen) atoms. The number of imidazole rings is 1. The third kappa shape index (κ3) is 2.31. The van der Waals surface area contributed by atoms with Crippen LogP contribution in [0.15, 0.2) is 30.5 Å². The molecule has 0 bridgehead atoms. The van der Waals surface area contributed by atoms with Crippen LogP contribution in [0.4, 0.5) is 8.78 Å². The molecule has 3 rings (SSSR count). The molecule has 3 aromatic rings. The predicted molar refractivity (Wildman–Crippen MR) is 67.8 cm³/mol. The molecule has 3 nitrogen and oxygen atoms in total. The van der Waals surface area contributed by atoms with Crippen molar-refractivity contribution >= 4 is 11.2 Å². The maximum absolute atomic E-state index is 13.6. The number of hydrogen-bond acceptors (Lipinski definition) is 2. The van der Waals surface area contributed by atoms with Gasteiger partial charge < -0.3 is 4.98 Å². The molecule has 0 aliphatic heterocycles. The predicted octanol–water partition coefficient (Wildman–Crippen LogP) is 3.14. The molecule has 2 heterocycles. The number of nitrogens with zero attached hydrogens (tertiary/aromatic N) is 2. The number of rotatable bonds is 2. The fraction of sp³-hybridized carbons (Fsp3) is 0.143. The van der Waals surface area contributed by atoms with Crippen LogP contribution in [0.1, 0.15) is 17.0 Å². The molecule has 0 fully saturated rings. The van der Waals surface area contributed by atoms with E-state index in [-0.39, 0.29) is 6.42 Å². The Balaban J connectivity index is 1.96. The van der Waals surface area contributed by atoms with Gasteiger partial charge in [0.05, 0.1) is 5.52 Å². The number of pyridine rings is 1. The van der Waals surface area contributed by atoms with Crippen molar-refractivity contribution < 1.29 is 8.78 Å². The summed E-state index contributed by atoms with van der Waals surface area (Å²) in [5.74, 6) is -0.536. The van der Waals surface area contributed by atoms with Crippen LogP contribution in [0.5, 0.6) is 0 Å². The highest BCUT2D eigenvalue weighted by Gasteiger charge is 2.09. The van der Waals surface area contributed by atoms with Gasteiger partial charge in [-0.3, -0.25) is 0 Å². The molecule has 0 aliphatic carbocycles. The lowest BCUT2D eigenvalue weighted by Gasteiger charge is -2.00. The Morgan fingerprint density at radius 3 is 2.84 bits per heavy atom. The van der Waals surface area contributed by atoms with Crippen molar-refractivity contribution in [2.45, 2.75) is 13.3 Å². The minimum Gasteiger partial charge on any atom is -0.340 e. The average molecular weight is 259 g/mol. The fourth-order valence-corrected chi connectivity index (χ4v) is 1.98. The highest BCUT2D eigenvalue weighted by atomic mass is 19.1. The minimum atomic E-state index is -0.580. The number of nitrogens with one attached hydrogen (secondary N) is 1. The van der Waals surface area contributed by atoms with E-state index >= 15 is 0 Å². The van der Waals surface area contributed by atoms with Crippen molar-refractivity contribution in [3.05, 3.63) is 59.0 Å². The minimum absolute atomic E-state index is 0.279. The van der Waals surface area contributed by atoms with Crippen LogP contribution in [-0.2, 0) is 6.42 Å². The van der Waals surface area contributed by atoms with Crippen LogP contribution < -0.4 is 0 Å². The summed E-state index contributed by atoms with van der Waals surface area (Å²) in [6.45, 7) is 1.94. The van der Waals surface area contributed by atoms with Gasteiger partial charge in [-0.15, -0.1) is 0 Å². The Kier molecular flexibility index (Phi) is 2.74. The van der Waals surface area contributed by atoms with Crippen LogP contribution in [0.25, 0.3) is 11.2 Å². The second kappa shape index (κ2) is 4.42. The summed E-state index contributed by atoms with van der Waals surface area (Å²) in [7, 11) is 0. The first kappa shape index (κ1) is 11.8. The number of aromatic amines is 1. The van der Waals surface area contributed by atoms with E-state index in [0.717, 1.165) is 17.1 Å². The van der Waals surface area contributed by atoms with E-state index in [1.807, 2.05) is 13.0 Å². The number of benzene rings is 1. The summed E-state index contributed by atoms with van der Waals surface area (Å²) < 4.78 is 26.4. The van der Waals surface area contributed by atoms with E-state index in [2.05, 4.69) is 15.0 Å². The van der Waals surface area contributed by atoms with Gasteiger partial charge in [0.1, 0.15) is 17.5 Å². The molecule has 96 valence electrons. The summed E-state index contributed by atoms with van der Waals surface area (Å²) >= 11 is 0. The topological polar surface area (TPSA) is 41.6 Å². The van der Waals surface area contributed by atoms with Gasteiger partial charge in [0.2, 0.25) is 0 Å². The summed E-state index contributed by atoms with van der Waals surface area (Å²) in [6, 6.07) is 5.47. The van der Waals surface area contributed by atoms with Gasteiger partial charge in [0.25, 0.3) is 0 Å². The number of aryl methyl sites for hydroxylation is 1. The summed E-state index contributed by atoms with van der Waals surface area (Å²) in [5, 5.41) is 0. The first-order valence-electron chi connectivity index (χ1n) is 5.87. The van der Waals surface area contributed by atoms with Crippen LogP contribution in [-0.4, -0.2) is 15.0 Å². The zero-order chi connectivity index (χ0) is 13.4. The monoisotopic (exact) mass is 259 g/mol. The van der Waals surface area contributed by atoms with Crippen LogP contribution in [0.2, 0.25) is 0 Å². The van der Waals surface area contributed by atoms with Gasteiger partial charge in [-0.2, -0.15) is 0 Å². The average Bonchev–Trinajstić information content (AvgIpc) is 2.74. The number of hydrogen-bond donors (Lipinski definition) is 1. The van der Waals surface area contributed by atoms with E-state index in [4.69, 9.17) is 0 Å². The molecule has 0 radical (unpaired) electrons. The third-order valence-electron chi connectivity index (χ3n) is 2.90. The molecule has 0 unspecified atom stereocenters. The van der Waals surface area contributed by atoms with Gasteiger partial charge >= 0.3 is 0 Å². The largest absolute Gasteiger partial charge is 0.340 e. The molecule has 0 amide bonds. The van der Waals surface area contributed by atoms with Crippen molar-refractivity contribution in [2.24, 2.45) is 0 Å². The van der Waals surface area contributed by atoms with Gasteiger partial charge in [-0.05, 0) is 30.2 Å². The van der Waals surface area contributed by atoms with Gasteiger partial charge in [0.15, 0.2) is 5.65 Å². The molecular weight excluding hydrogens is 248 g/mol. The van der Waals surface area contributed by atoms with Gasteiger partial charge in [-0.1, -0.05) is 6.07 Å². The van der Waals surface area contributed by atoms with E-state index in [9.17, 15) is 8.78 Å². The molecule has 0 atom stereocenters. The number of aromatic nitrogens is 3. The molecule has 0 spiro atoms. The van der Waals surface area contributed by atoms with E-state index in [1.54, 1.807) is 6.20 Å². The quantitative estimate of drug-likeness (QED) is 0.768. The Labute approximate surface area is 108 Å². The first-order valence-corrected chi connectivity index (χ1v) is 5.87. The van der Waals surface area contributed by atoms with Crippen molar-refractivity contribution in [2.75, 3.05) is 0 Å². The number of fused-ring (bicyclic) bond motifs is 1. The molecule has 0 aliphatic rings. The standard InChI is InChI=1S/C14H11F2N3/c1-8-4-12-14(17-7-8)19-13(18-12)5-9-2-3-10(15)6-11(9)16/h2-4,6-7H,5H2,1H3,(H,17,18,19). The second-order valence-electron chi connectivity index (χ2n) is 4.48. The first-order chi connectivity index (χ1) is 9.11. The maximum Gasteiger partial charge on any atom is 0.177 e. The molecule has 1 aromatic carbocycles. The Morgan fingerprint density at radius 1 is 1.21 bits per heavy atom. The summed E-state index contributed by atoms with van der Waals surface area (Å²) in [5.41, 5.74) is 2.84. The summed E-state index contributed by atoms with van der Waals surface area (Å²) in [4.78, 5) is 11.6. The highest BCUT2D eigenvalue weighted by Crippen LogP contribution is 2.16. The molecule has 0 saturated carbocycles. The van der Waals surface area contributed by atoms with Crippen molar-refractivity contribution in [1.29, 1.82) is 0 Å². The van der Waals surface area contributed by atoms with Crippen LogP contribution in [0.3, 0.4) is 0 Å². The van der Waals surface area contributed by atoms with Gasteiger partial charge in [-0.25, -0.2) is 18.7 Å². The molecular formula is C14H11F2N3. The molecule has 0 saturated heterocycles. The van der Waals surface area contributed by atoms with Crippen molar-refractivity contribution in [3.63, 3.8) is 0 Å². The Hall–Kier alpha value is -2.30. The molecule has 5 heteroatoms. The number of halogens is 2. The lowest BCUT2D eigenvalue weighted by Crippen LogP contribution is -1.95. The van der Waals surface area contributed by atoms with E-state index < -0.39 is 11.6 Å². The maximum atomic E-state index is 13.6. The third-order valence-corrected chi connectivity index (χ3v) is 2.90. The number of H-pyrrole nitrogens is 1. The normalized spacial score (nSPS) is 11.1. The van der Waals surface area contributed by atoms with E-state index in [0.29, 0.717) is 17.0 Å². The Morgan fingerprint density at radius 2 is 2.05 bits per heavy atom. The van der Waals surface area contributed by atoms with Crippen molar-refractivity contribution in [1.82, 2.24) is 15.0 Å². The summed E-state index contributed by atoms with van der Waals surface area (Å²) in [6.07, 6.45) is 2.01.